The van der Waals surface area contributed by atoms with Gasteiger partial charge in [-0.1, -0.05) is 20.8 Å². The second-order valence-corrected chi connectivity index (χ2v) is 5.60. The molecule has 112 valence electrons. The number of amides is 1. The van der Waals surface area contributed by atoms with Gasteiger partial charge < -0.3 is 15.6 Å². The average Bonchev–Trinajstić information content (AvgIpc) is 2.36. The molecule has 0 unspecified atom stereocenters. The molecule has 1 heterocycles. The maximum Gasteiger partial charge on any atom is 0.326 e. The fraction of sp³-hybridized carbons (Fsp3) is 0.615. The third-order valence-corrected chi connectivity index (χ3v) is 2.94. The zero-order chi connectivity index (χ0) is 15.3. The van der Waals surface area contributed by atoms with Crippen LogP contribution in [0.25, 0.3) is 0 Å². The Hall–Kier alpha value is -1.89. The number of aromatic amines is 2. The van der Waals surface area contributed by atoms with Crippen molar-refractivity contribution in [3.05, 3.63) is 32.6 Å². The highest BCUT2D eigenvalue weighted by Gasteiger charge is 2.24. The SMILES string of the molecule is CCCN(CC(C)(C)CN)C(=O)c1cc(=O)[nH]c(=O)[nH]1. The van der Waals surface area contributed by atoms with Crippen LogP contribution in [0.3, 0.4) is 0 Å². The van der Waals surface area contributed by atoms with Crippen molar-refractivity contribution in [2.75, 3.05) is 19.6 Å². The minimum Gasteiger partial charge on any atom is -0.337 e. The van der Waals surface area contributed by atoms with Crippen molar-refractivity contribution in [3.63, 3.8) is 0 Å². The van der Waals surface area contributed by atoms with E-state index in [1.807, 2.05) is 25.8 Å². The number of nitrogens with two attached hydrogens (primary N) is 1. The number of aromatic nitrogens is 2. The standard InChI is InChI=1S/C13H22N4O3/c1-4-5-17(8-13(2,3)7-14)11(19)9-6-10(18)16-12(20)15-9/h6H,4-5,7-8,14H2,1-3H3,(H2,15,16,18,20). The van der Waals surface area contributed by atoms with E-state index >= 15 is 0 Å². The van der Waals surface area contributed by atoms with Crippen LogP contribution in [0, 0.1) is 5.41 Å². The Morgan fingerprint density at radius 1 is 1.35 bits per heavy atom. The minimum atomic E-state index is -0.685. The van der Waals surface area contributed by atoms with Gasteiger partial charge in [-0.15, -0.1) is 0 Å². The molecule has 0 spiro atoms. The number of H-pyrrole nitrogens is 2. The number of nitrogens with zero attached hydrogens (tertiary/aromatic N) is 1. The van der Waals surface area contributed by atoms with Gasteiger partial charge in [0.15, 0.2) is 0 Å². The lowest BCUT2D eigenvalue weighted by molar-refractivity contribution is 0.0683. The summed E-state index contributed by atoms with van der Waals surface area (Å²) in [6.45, 7) is 7.32. The molecular weight excluding hydrogens is 260 g/mol. The first-order valence-corrected chi connectivity index (χ1v) is 6.62. The summed E-state index contributed by atoms with van der Waals surface area (Å²) in [5.41, 5.74) is 4.18. The predicted molar refractivity (Wildman–Crippen MR) is 76.7 cm³/mol. The Bertz CT molecular complexity index is 545. The highest BCUT2D eigenvalue weighted by atomic mass is 16.2. The van der Waals surface area contributed by atoms with E-state index in [9.17, 15) is 14.4 Å². The van der Waals surface area contributed by atoms with Crippen LogP contribution in [-0.4, -0.2) is 40.4 Å². The van der Waals surface area contributed by atoms with Crippen LogP contribution in [0.2, 0.25) is 0 Å². The average molecular weight is 282 g/mol. The number of hydrogen-bond donors (Lipinski definition) is 3. The summed E-state index contributed by atoms with van der Waals surface area (Å²) in [5, 5.41) is 0. The maximum atomic E-state index is 12.4. The molecule has 0 aliphatic carbocycles. The van der Waals surface area contributed by atoms with Crippen molar-refractivity contribution in [2.24, 2.45) is 11.1 Å². The van der Waals surface area contributed by atoms with Crippen LogP contribution >= 0.6 is 0 Å². The maximum absolute atomic E-state index is 12.4. The van der Waals surface area contributed by atoms with Gasteiger partial charge in [-0.05, 0) is 18.4 Å². The summed E-state index contributed by atoms with van der Waals surface area (Å²) in [6.07, 6.45) is 0.778. The zero-order valence-electron chi connectivity index (χ0n) is 12.2. The minimum absolute atomic E-state index is 0.0000198. The Balaban J connectivity index is 3.05. The highest BCUT2D eigenvalue weighted by Crippen LogP contribution is 2.16. The van der Waals surface area contributed by atoms with Gasteiger partial charge in [-0.3, -0.25) is 14.6 Å². The van der Waals surface area contributed by atoms with Crippen LogP contribution in [0.1, 0.15) is 37.7 Å². The van der Waals surface area contributed by atoms with E-state index < -0.39 is 11.2 Å². The first kappa shape index (κ1) is 16.2. The van der Waals surface area contributed by atoms with Crippen LogP contribution < -0.4 is 17.0 Å². The van der Waals surface area contributed by atoms with Gasteiger partial charge in [0.25, 0.3) is 11.5 Å². The molecule has 0 aliphatic rings. The molecule has 4 N–H and O–H groups in total. The van der Waals surface area contributed by atoms with Crippen LogP contribution in [0.5, 0.6) is 0 Å². The number of carbonyl (C=O) groups excluding carboxylic acids is 1. The van der Waals surface area contributed by atoms with E-state index in [-0.39, 0.29) is 17.0 Å². The van der Waals surface area contributed by atoms with Crippen molar-refractivity contribution < 1.29 is 4.79 Å². The normalized spacial score (nSPS) is 11.4. The van der Waals surface area contributed by atoms with E-state index in [4.69, 9.17) is 5.73 Å². The van der Waals surface area contributed by atoms with Crippen molar-refractivity contribution in [1.29, 1.82) is 0 Å². The molecule has 7 heteroatoms. The molecule has 0 atom stereocenters. The van der Waals surface area contributed by atoms with Crippen molar-refractivity contribution >= 4 is 5.91 Å². The first-order valence-electron chi connectivity index (χ1n) is 6.62. The van der Waals surface area contributed by atoms with Crippen molar-refractivity contribution in [2.45, 2.75) is 27.2 Å². The van der Waals surface area contributed by atoms with Crippen molar-refractivity contribution in [3.8, 4) is 0 Å². The van der Waals surface area contributed by atoms with E-state index in [1.165, 1.54) is 0 Å². The van der Waals surface area contributed by atoms with E-state index in [2.05, 4.69) is 4.98 Å². The van der Waals surface area contributed by atoms with Gasteiger partial charge in [-0.25, -0.2) is 4.79 Å². The molecule has 1 rings (SSSR count). The fourth-order valence-electron chi connectivity index (χ4n) is 1.86. The van der Waals surface area contributed by atoms with Gasteiger partial charge >= 0.3 is 5.69 Å². The van der Waals surface area contributed by atoms with Gasteiger partial charge in [-0.2, -0.15) is 0 Å². The Labute approximate surface area is 117 Å². The zero-order valence-corrected chi connectivity index (χ0v) is 12.2. The lowest BCUT2D eigenvalue weighted by Crippen LogP contribution is -2.43. The molecule has 1 aromatic rings. The Morgan fingerprint density at radius 2 is 2.00 bits per heavy atom. The first-order chi connectivity index (χ1) is 9.29. The molecule has 0 saturated carbocycles. The monoisotopic (exact) mass is 282 g/mol. The summed E-state index contributed by atoms with van der Waals surface area (Å²) >= 11 is 0. The molecule has 7 nitrogen and oxygen atoms in total. The summed E-state index contributed by atoms with van der Waals surface area (Å²) in [6, 6.07) is 1.10. The molecule has 1 aromatic heterocycles. The number of hydrogen-bond acceptors (Lipinski definition) is 4. The number of nitrogens with one attached hydrogen (secondary N) is 2. The van der Waals surface area contributed by atoms with E-state index in [0.717, 1.165) is 12.5 Å². The van der Waals surface area contributed by atoms with Gasteiger partial charge in [0.2, 0.25) is 0 Å². The Morgan fingerprint density at radius 3 is 2.50 bits per heavy atom. The van der Waals surface area contributed by atoms with E-state index in [0.29, 0.717) is 19.6 Å². The second-order valence-electron chi connectivity index (χ2n) is 5.60. The molecule has 1 amide bonds. The summed E-state index contributed by atoms with van der Waals surface area (Å²) in [7, 11) is 0. The van der Waals surface area contributed by atoms with Crippen molar-refractivity contribution in [1.82, 2.24) is 14.9 Å². The van der Waals surface area contributed by atoms with E-state index in [1.54, 1.807) is 4.90 Å². The second kappa shape index (κ2) is 6.51. The lowest BCUT2D eigenvalue weighted by Gasteiger charge is -2.31. The summed E-state index contributed by atoms with van der Waals surface area (Å²) < 4.78 is 0. The predicted octanol–water partition coefficient (Wildman–Crippen LogP) is -0.0997. The molecular formula is C13H22N4O3. The molecule has 0 aromatic carbocycles. The fourth-order valence-corrected chi connectivity index (χ4v) is 1.86. The molecule has 0 fully saturated rings. The third-order valence-electron chi connectivity index (χ3n) is 2.94. The quantitative estimate of drug-likeness (QED) is 0.676. The molecule has 0 radical (unpaired) electrons. The molecule has 20 heavy (non-hydrogen) atoms. The van der Waals surface area contributed by atoms with Crippen LogP contribution in [0.15, 0.2) is 15.7 Å². The summed E-state index contributed by atoms with van der Waals surface area (Å²) in [5.74, 6) is -0.364. The van der Waals surface area contributed by atoms with Crippen LogP contribution in [-0.2, 0) is 0 Å². The van der Waals surface area contributed by atoms with Gasteiger partial charge in [0.05, 0.1) is 0 Å². The van der Waals surface area contributed by atoms with Crippen LogP contribution in [0.4, 0.5) is 0 Å². The molecule has 0 aliphatic heterocycles. The molecule has 0 saturated heterocycles. The Kier molecular flexibility index (Phi) is 5.26. The smallest absolute Gasteiger partial charge is 0.326 e. The number of rotatable bonds is 6. The summed E-state index contributed by atoms with van der Waals surface area (Å²) in [4.78, 5) is 40.9. The number of carbonyl (C=O) groups is 1. The van der Waals surface area contributed by atoms with Gasteiger partial charge in [0.1, 0.15) is 5.69 Å². The third kappa shape index (κ3) is 4.34. The lowest BCUT2D eigenvalue weighted by atomic mass is 9.93. The molecule has 0 bridgehead atoms. The van der Waals surface area contributed by atoms with Gasteiger partial charge in [0, 0.05) is 19.2 Å². The highest BCUT2D eigenvalue weighted by molar-refractivity contribution is 5.92. The largest absolute Gasteiger partial charge is 0.337 e. The topological polar surface area (TPSA) is 112 Å².